The normalized spacial score (nSPS) is 15.2. The lowest BCUT2D eigenvalue weighted by atomic mass is 10.2. The van der Waals surface area contributed by atoms with Gasteiger partial charge in [0.2, 0.25) is 5.91 Å². The van der Waals surface area contributed by atoms with Crippen LogP contribution in [0, 0.1) is 0 Å². The first-order chi connectivity index (χ1) is 11.9. The molecule has 2 heterocycles. The van der Waals surface area contributed by atoms with E-state index in [1.54, 1.807) is 12.1 Å². The van der Waals surface area contributed by atoms with Gasteiger partial charge in [0.1, 0.15) is 5.00 Å². The lowest BCUT2D eigenvalue weighted by Crippen LogP contribution is -2.44. The number of nitrogen functional groups attached to an aromatic ring is 1. The number of nitrogens with two attached hydrogens (primary N) is 1. The summed E-state index contributed by atoms with van der Waals surface area (Å²) < 4.78 is 1.15. The summed E-state index contributed by atoms with van der Waals surface area (Å²) in [6.07, 6.45) is 0. The number of nitrogens with zero attached hydrogens (tertiary/aromatic N) is 3. The van der Waals surface area contributed by atoms with Crippen LogP contribution in [0.2, 0.25) is 0 Å². The van der Waals surface area contributed by atoms with Gasteiger partial charge >= 0.3 is 4.87 Å². The average molecular weight is 362 g/mol. The lowest BCUT2D eigenvalue weighted by molar-refractivity contribution is -0.114. The number of rotatable bonds is 4. The molecule has 0 aliphatic carbocycles. The zero-order valence-corrected chi connectivity index (χ0v) is 15.1. The molecule has 25 heavy (non-hydrogen) atoms. The van der Waals surface area contributed by atoms with Gasteiger partial charge in [-0.1, -0.05) is 11.3 Å². The zero-order chi connectivity index (χ0) is 18.0. The minimum Gasteiger partial charge on any atom is -0.358 e. The summed E-state index contributed by atoms with van der Waals surface area (Å²) in [5.41, 5.74) is 1.51. The third kappa shape index (κ3) is 3.94. The molecule has 1 aromatic heterocycles. The molecule has 0 spiro atoms. The van der Waals surface area contributed by atoms with E-state index in [4.69, 9.17) is 5.84 Å². The predicted octanol–water partition coefficient (Wildman–Crippen LogP) is 1.08. The molecule has 3 rings (SSSR count). The van der Waals surface area contributed by atoms with Gasteiger partial charge in [-0.3, -0.25) is 9.59 Å². The highest BCUT2D eigenvalue weighted by Crippen LogP contribution is 2.31. The van der Waals surface area contributed by atoms with Gasteiger partial charge in [0.05, 0.1) is 0 Å². The van der Waals surface area contributed by atoms with Crippen molar-refractivity contribution in [2.45, 2.75) is 6.92 Å². The van der Waals surface area contributed by atoms with E-state index in [2.05, 4.69) is 27.5 Å². The van der Waals surface area contributed by atoms with Gasteiger partial charge in [-0.15, -0.1) is 0 Å². The summed E-state index contributed by atoms with van der Waals surface area (Å²) in [7, 11) is 2.09. The summed E-state index contributed by atoms with van der Waals surface area (Å²) >= 11 is 1.15. The van der Waals surface area contributed by atoms with Crippen LogP contribution in [0.5, 0.6) is 0 Å². The quantitative estimate of drug-likeness (QED) is 0.705. The number of nitrogens with one attached hydrogen (secondary N) is 2. The Morgan fingerprint density at radius 2 is 1.72 bits per heavy atom. The number of piperazine rings is 1. The van der Waals surface area contributed by atoms with Crippen molar-refractivity contribution in [3.63, 3.8) is 0 Å². The van der Waals surface area contributed by atoms with E-state index in [9.17, 15) is 9.59 Å². The van der Waals surface area contributed by atoms with Crippen LogP contribution < -0.4 is 26.2 Å². The summed E-state index contributed by atoms with van der Waals surface area (Å²) in [4.78, 5) is 27.4. The number of thiazole rings is 1. The maximum Gasteiger partial charge on any atom is 0.329 e. The highest BCUT2D eigenvalue weighted by Gasteiger charge is 2.22. The van der Waals surface area contributed by atoms with E-state index >= 15 is 0 Å². The Bertz CT molecular complexity index is 805. The van der Waals surface area contributed by atoms with Gasteiger partial charge in [-0.2, -0.15) is 4.68 Å². The van der Waals surface area contributed by atoms with Crippen molar-refractivity contribution >= 4 is 39.4 Å². The van der Waals surface area contributed by atoms with Crippen molar-refractivity contribution in [1.29, 1.82) is 0 Å². The second kappa shape index (κ2) is 7.16. The van der Waals surface area contributed by atoms with Crippen molar-refractivity contribution in [1.82, 2.24) is 9.58 Å². The van der Waals surface area contributed by atoms with Crippen LogP contribution in [-0.4, -0.2) is 48.7 Å². The minimum atomic E-state index is -0.203. The average Bonchev–Trinajstić information content (AvgIpc) is 2.85. The van der Waals surface area contributed by atoms with Crippen LogP contribution in [-0.2, 0) is 4.79 Å². The number of anilines is 4. The van der Waals surface area contributed by atoms with Gasteiger partial charge in [-0.05, 0) is 31.3 Å². The molecule has 1 aromatic carbocycles. The molecule has 9 heteroatoms. The first-order valence-electron chi connectivity index (χ1n) is 8.03. The molecule has 1 amide bonds. The number of amides is 1. The molecule has 1 aliphatic rings. The molecule has 0 bridgehead atoms. The van der Waals surface area contributed by atoms with Crippen LogP contribution in [0.15, 0.2) is 29.1 Å². The Labute approximate surface area is 149 Å². The third-order valence-corrected chi connectivity index (χ3v) is 5.10. The number of likely N-dealkylation sites (N-methyl/N-ethyl adjacent to an activating group) is 1. The summed E-state index contributed by atoms with van der Waals surface area (Å²) in [6, 6.07) is 7.26. The molecular formula is C16H22N6O2S. The maximum atomic E-state index is 12.1. The smallest absolute Gasteiger partial charge is 0.329 e. The van der Waals surface area contributed by atoms with Gasteiger partial charge in [0.15, 0.2) is 5.82 Å². The summed E-state index contributed by atoms with van der Waals surface area (Å²) in [5, 5.41) is 6.81. The lowest BCUT2D eigenvalue weighted by Gasteiger charge is -2.33. The summed E-state index contributed by atoms with van der Waals surface area (Å²) in [6.45, 7) is 5.06. The van der Waals surface area contributed by atoms with Gasteiger partial charge in [0.25, 0.3) is 0 Å². The van der Waals surface area contributed by atoms with E-state index in [1.807, 2.05) is 12.1 Å². The first kappa shape index (κ1) is 17.3. The predicted molar refractivity (Wildman–Crippen MR) is 102 cm³/mol. The maximum absolute atomic E-state index is 12.1. The van der Waals surface area contributed by atoms with E-state index in [0.717, 1.165) is 52.9 Å². The second-order valence-corrected chi connectivity index (χ2v) is 7.01. The van der Waals surface area contributed by atoms with Crippen LogP contribution in [0.25, 0.3) is 0 Å². The van der Waals surface area contributed by atoms with Crippen molar-refractivity contribution in [3.05, 3.63) is 33.9 Å². The number of benzene rings is 1. The Morgan fingerprint density at radius 1 is 1.12 bits per heavy atom. The second-order valence-electron chi connectivity index (χ2n) is 6.07. The Kier molecular flexibility index (Phi) is 4.95. The van der Waals surface area contributed by atoms with E-state index in [-0.39, 0.29) is 10.8 Å². The molecule has 1 fully saturated rings. The van der Waals surface area contributed by atoms with Gasteiger partial charge < -0.3 is 26.3 Å². The fourth-order valence-corrected chi connectivity index (χ4v) is 3.60. The van der Waals surface area contributed by atoms with E-state index in [1.165, 1.54) is 6.92 Å². The minimum absolute atomic E-state index is 0.119. The van der Waals surface area contributed by atoms with Crippen molar-refractivity contribution in [2.75, 3.05) is 54.6 Å². The largest absolute Gasteiger partial charge is 0.358 e. The van der Waals surface area contributed by atoms with E-state index in [0.29, 0.717) is 11.5 Å². The molecule has 8 nitrogen and oxygen atoms in total. The van der Waals surface area contributed by atoms with Crippen LogP contribution in [0.1, 0.15) is 6.92 Å². The van der Waals surface area contributed by atoms with Crippen molar-refractivity contribution < 1.29 is 4.79 Å². The van der Waals surface area contributed by atoms with Crippen molar-refractivity contribution in [3.8, 4) is 0 Å². The number of aromatic nitrogens is 1. The number of carbonyl (C=O) groups is 1. The molecular weight excluding hydrogens is 340 g/mol. The fourth-order valence-electron chi connectivity index (χ4n) is 2.69. The Morgan fingerprint density at radius 3 is 2.32 bits per heavy atom. The SMILES string of the molecule is CC(=O)Nc1ccc(Nc2c(N3CCN(C)CC3)sc(=O)n2N)cc1. The topological polar surface area (TPSA) is 95.6 Å². The first-order valence-corrected chi connectivity index (χ1v) is 8.85. The molecule has 2 aromatic rings. The number of hydrogen-bond donors (Lipinski definition) is 3. The fraction of sp³-hybridized carbons (Fsp3) is 0.375. The molecule has 1 saturated heterocycles. The van der Waals surface area contributed by atoms with Gasteiger partial charge in [-0.25, -0.2) is 0 Å². The van der Waals surface area contributed by atoms with E-state index < -0.39 is 0 Å². The number of hydrogen-bond acceptors (Lipinski definition) is 7. The molecule has 0 saturated carbocycles. The monoisotopic (exact) mass is 362 g/mol. The molecule has 0 atom stereocenters. The summed E-state index contributed by atoms with van der Waals surface area (Å²) in [5.74, 6) is 6.41. The molecule has 1 aliphatic heterocycles. The highest BCUT2D eigenvalue weighted by atomic mass is 32.1. The van der Waals surface area contributed by atoms with Crippen LogP contribution in [0.4, 0.5) is 22.2 Å². The molecule has 0 unspecified atom stereocenters. The molecule has 4 N–H and O–H groups in total. The standard InChI is InChI=1S/C16H22N6O2S/c1-11(23)18-12-3-5-13(6-4-12)19-14-15(25-16(24)22(14)17)21-9-7-20(2)8-10-21/h3-6,19H,7-10,17H2,1-2H3,(H,18,23). The number of carbonyl (C=O) groups excluding carboxylic acids is 1. The van der Waals surface area contributed by atoms with Crippen LogP contribution >= 0.6 is 11.3 Å². The molecule has 134 valence electrons. The van der Waals surface area contributed by atoms with Crippen molar-refractivity contribution in [2.24, 2.45) is 0 Å². The van der Waals surface area contributed by atoms with Crippen LogP contribution in [0.3, 0.4) is 0 Å². The Hall–Kier alpha value is -2.52. The Balaban J connectivity index is 1.82. The van der Waals surface area contributed by atoms with Gasteiger partial charge in [0, 0.05) is 44.5 Å². The molecule has 0 radical (unpaired) electrons. The third-order valence-electron chi connectivity index (χ3n) is 4.08. The zero-order valence-electron chi connectivity index (χ0n) is 14.3. The highest BCUT2D eigenvalue weighted by molar-refractivity contribution is 7.14.